The number of rotatable bonds is 14. The molecule has 2 atom stereocenters. The summed E-state index contributed by atoms with van der Waals surface area (Å²) in [7, 11) is -4.99. The molecule has 3 aliphatic heterocycles. The molecule has 3 aliphatic rings. The molecule has 1 fully saturated rings. The van der Waals surface area contributed by atoms with Gasteiger partial charge in [0.15, 0.2) is 18.3 Å². The highest BCUT2D eigenvalue weighted by Gasteiger charge is 2.38. The third kappa shape index (κ3) is 10.2. The Kier molecular flexibility index (Phi) is 12.3. The third-order valence-corrected chi connectivity index (χ3v) is 9.21. The highest BCUT2D eigenvalue weighted by molar-refractivity contribution is 8.02. The molecule has 1 aromatic rings. The van der Waals surface area contributed by atoms with Crippen LogP contribution in [0, 0.1) is 0 Å². The molecule has 0 aliphatic carbocycles. The van der Waals surface area contributed by atoms with Crippen LogP contribution in [0.1, 0.15) is 44.7 Å². The number of aliphatic imine (C=N–C) groups is 1. The summed E-state index contributed by atoms with van der Waals surface area (Å²) in [6.45, 7) is 7.90. The first-order chi connectivity index (χ1) is 22.3. The van der Waals surface area contributed by atoms with Crippen LogP contribution in [0.4, 0.5) is 0 Å². The molecule has 1 saturated heterocycles. The van der Waals surface area contributed by atoms with E-state index in [0.29, 0.717) is 29.0 Å². The molecule has 260 valence electrons. The number of nitrogens with two attached hydrogens (primary N) is 2. The minimum absolute atomic E-state index is 0.0139. The number of benzene rings is 1. The second-order valence-corrected chi connectivity index (χ2v) is 13.7. The molecular weight excluding hydrogens is 654 g/mol. The predicted molar refractivity (Wildman–Crippen MR) is 176 cm³/mol. The Labute approximate surface area is 278 Å². The molecule has 47 heavy (non-hydrogen) atoms. The number of hydrogen-bond acceptors (Lipinski definition) is 13. The highest BCUT2D eigenvalue weighted by Crippen LogP contribution is 2.25. The van der Waals surface area contributed by atoms with E-state index < -0.39 is 33.4 Å². The number of nitrogens with zero attached hydrogens (tertiary/aromatic N) is 4. The Morgan fingerprint density at radius 2 is 2.04 bits per heavy atom. The molecule has 19 heteroatoms. The molecule has 1 aromatic carbocycles. The van der Waals surface area contributed by atoms with Crippen molar-refractivity contribution >= 4 is 46.1 Å². The lowest BCUT2D eigenvalue weighted by molar-refractivity contribution is -0.166. The van der Waals surface area contributed by atoms with E-state index in [4.69, 9.17) is 30.6 Å². The second kappa shape index (κ2) is 16.0. The van der Waals surface area contributed by atoms with Gasteiger partial charge in [-0.1, -0.05) is 23.0 Å². The zero-order chi connectivity index (χ0) is 34.2. The number of ether oxygens (including phenoxy) is 1. The average molecular weight is 698 g/mol. The Morgan fingerprint density at radius 3 is 2.70 bits per heavy atom. The van der Waals surface area contributed by atoms with E-state index >= 15 is 0 Å². The maximum Gasteiger partial charge on any atom is 0.418 e. The molecular formula is C28H43N9O8S2. The molecule has 0 saturated carbocycles. The maximum atomic E-state index is 13.3. The topological polar surface area (TPSA) is 236 Å². The van der Waals surface area contributed by atoms with Gasteiger partial charge in [-0.2, -0.15) is 13.5 Å². The number of oxime groups is 1. The van der Waals surface area contributed by atoms with Crippen molar-refractivity contribution in [3.05, 3.63) is 40.4 Å². The van der Waals surface area contributed by atoms with E-state index in [9.17, 15) is 18.0 Å². The zero-order valence-corrected chi connectivity index (χ0v) is 28.2. The Bertz CT molecular complexity index is 1480. The van der Waals surface area contributed by atoms with Crippen molar-refractivity contribution in [1.82, 2.24) is 25.9 Å². The quantitative estimate of drug-likeness (QED) is 0.0368. The summed E-state index contributed by atoms with van der Waals surface area (Å²) < 4.78 is 41.6. The minimum Gasteiger partial charge on any atom is -0.490 e. The monoisotopic (exact) mass is 697 g/mol. The first-order valence-corrected chi connectivity index (χ1v) is 17.4. The fraction of sp³-hybridized carbons (Fsp3) is 0.571. The van der Waals surface area contributed by atoms with E-state index in [1.54, 1.807) is 5.41 Å². The number of guanidine groups is 1. The Morgan fingerprint density at radius 1 is 1.30 bits per heavy atom. The predicted octanol–water partition coefficient (Wildman–Crippen LogP) is -0.241. The number of hydrogen-bond donors (Lipinski definition) is 6. The second-order valence-electron chi connectivity index (χ2n) is 11.7. The van der Waals surface area contributed by atoms with Crippen molar-refractivity contribution in [1.29, 1.82) is 0 Å². The molecule has 17 nitrogen and oxygen atoms in total. The fourth-order valence-electron chi connectivity index (χ4n) is 5.01. The summed E-state index contributed by atoms with van der Waals surface area (Å²) in [5.41, 5.74) is 12.8. The van der Waals surface area contributed by atoms with Crippen molar-refractivity contribution in [2.75, 3.05) is 32.8 Å². The summed E-state index contributed by atoms with van der Waals surface area (Å²) in [6.07, 6.45) is 2.87. The van der Waals surface area contributed by atoms with Crippen molar-refractivity contribution in [2.45, 2.75) is 69.7 Å². The lowest BCUT2D eigenvalue weighted by atomic mass is 9.95. The first kappa shape index (κ1) is 36.2. The largest absolute Gasteiger partial charge is 0.490 e. The summed E-state index contributed by atoms with van der Waals surface area (Å²) in [4.78, 5) is 37.0. The Balaban J connectivity index is 1.32. The van der Waals surface area contributed by atoms with Crippen LogP contribution < -0.4 is 32.2 Å². The van der Waals surface area contributed by atoms with Crippen molar-refractivity contribution < 1.29 is 36.4 Å². The average Bonchev–Trinajstić information content (AvgIpc) is 3.46. The van der Waals surface area contributed by atoms with E-state index in [1.807, 2.05) is 18.2 Å². The summed E-state index contributed by atoms with van der Waals surface area (Å²) in [5.74, 6) is 0.553. The summed E-state index contributed by atoms with van der Waals surface area (Å²) in [6, 6.07) is 5.27. The van der Waals surface area contributed by atoms with Crippen LogP contribution in [-0.4, -0.2) is 103 Å². The maximum absolute atomic E-state index is 13.3. The number of fused-ring (bicyclic) bond motifs is 1. The van der Waals surface area contributed by atoms with Gasteiger partial charge in [-0.05, 0) is 76.4 Å². The minimum atomic E-state index is -4.99. The van der Waals surface area contributed by atoms with Gasteiger partial charge in [0.2, 0.25) is 6.41 Å². The first-order valence-electron chi connectivity index (χ1n) is 15.1. The van der Waals surface area contributed by atoms with Gasteiger partial charge in [-0.15, -0.1) is 4.28 Å². The number of piperidine rings is 1. The third-order valence-electron chi connectivity index (χ3n) is 8.08. The van der Waals surface area contributed by atoms with Gasteiger partial charge in [0.05, 0.1) is 23.3 Å². The molecule has 3 heterocycles. The lowest BCUT2D eigenvalue weighted by Crippen LogP contribution is -2.58. The molecule has 0 bridgehead atoms. The normalized spacial score (nSPS) is 20.1. The Hall–Kier alpha value is -3.62. The van der Waals surface area contributed by atoms with Gasteiger partial charge >= 0.3 is 10.4 Å². The van der Waals surface area contributed by atoms with E-state index in [0.717, 1.165) is 44.5 Å². The molecule has 0 spiro atoms. The molecule has 0 radical (unpaired) electrons. The van der Waals surface area contributed by atoms with Crippen LogP contribution in [0.15, 0.2) is 39.5 Å². The number of amides is 2. The van der Waals surface area contributed by atoms with Gasteiger partial charge < -0.3 is 41.9 Å². The van der Waals surface area contributed by atoms with E-state index in [-0.39, 0.29) is 31.4 Å². The molecule has 0 aromatic heterocycles. The number of hydroxylamine groups is 2. The van der Waals surface area contributed by atoms with Crippen LogP contribution in [0.3, 0.4) is 0 Å². The van der Waals surface area contributed by atoms with Crippen LogP contribution in [0.25, 0.3) is 0 Å². The molecule has 4 rings (SSSR count). The zero-order valence-electron chi connectivity index (χ0n) is 26.5. The van der Waals surface area contributed by atoms with Crippen LogP contribution in [-0.2, 0) is 42.1 Å². The smallest absolute Gasteiger partial charge is 0.418 e. The summed E-state index contributed by atoms with van der Waals surface area (Å²) >= 11 is 1.23. The SMILES string of the molecule is CC(NC(=O)/C(=N\OCCOc1ccc2c(c1)CCN(C(N)=NC1CCNCC1)C2)C1=CSC(N)N1)C(C)(C)N(C=O)OS(=O)(=O)O. The highest BCUT2D eigenvalue weighted by atomic mass is 32.3. The molecule has 2 amide bonds. The van der Waals surface area contributed by atoms with Crippen LogP contribution in [0.5, 0.6) is 5.75 Å². The van der Waals surface area contributed by atoms with Crippen LogP contribution in [0.2, 0.25) is 0 Å². The number of carbonyl (C=O) groups excluding carboxylic acids is 2. The number of nitrogens with one attached hydrogen (secondary N) is 3. The standard InChI is InChI=1S/C28H43N9O8S2/c1-18(28(2,3)37(17-38)45-47(40,41)42)32-25(39)24(23-16-46-27(30)34-23)35-44-13-12-43-22-5-4-20-15-36(11-8-19(20)14-22)26(29)33-21-6-9-31-10-7-21/h4-5,14,16-18,21,27,31,34H,6-13,15,30H2,1-3H3,(H2,29,33)(H,32,39)(H,40,41,42)/b35-24-. The van der Waals surface area contributed by atoms with Crippen LogP contribution >= 0.6 is 11.8 Å². The molecule has 8 N–H and O–H groups in total. The van der Waals surface area contributed by atoms with E-state index in [1.165, 1.54) is 38.1 Å². The van der Waals surface area contributed by atoms with Crippen molar-refractivity contribution in [3.8, 4) is 5.75 Å². The lowest BCUT2D eigenvalue weighted by Gasteiger charge is -2.37. The van der Waals surface area contributed by atoms with Crippen molar-refractivity contribution in [3.63, 3.8) is 0 Å². The summed E-state index contributed by atoms with van der Waals surface area (Å²) in [5, 5.41) is 14.9. The van der Waals surface area contributed by atoms with Gasteiger partial charge in [0.1, 0.15) is 17.9 Å². The van der Waals surface area contributed by atoms with Gasteiger partial charge in [0, 0.05) is 18.5 Å². The van der Waals surface area contributed by atoms with Crippen molar-refractivity contribution in [2.24, 2.45) is 21.6 Å². The van der Waals surface area contributed by atoms with Gasteiger partial charge in [-0.25, -0.2) is 4.99 Å². The molecule has 2 unspecified atom stereocenters. The van der Waals surface area contributed by atoms with Gasteiger partial charge in [0.25, 0.3) is 5.91 Å². The number of thioether (sulfide) groups is 1. The van der Waals surface area contributed by atoms with E-state index in [2.05, 4.69) is 30.3 Å². The number of carbonyl (C=O) groups is 2. The fourth-order valence-corrected chi connectivity index (χ4v) is 6.10. The van der Waals surface area contributed by atoms with Gasteiger partial charge in [-0.3, -0.25) is 14.1 Å².